The van der Waals surface area contributed by atoms with Crippen molar-refractivity contribution in [3.8, 4) is 5.75 Å². The molecule has 0 bridgehead atoms. The number of imide groups is 1. The minimum Gasteiger partial charge on any atom is -0.490 e. The summed E-state index contributed by atoms with van der Waals surface area (Å²) in [6.45, 7) is 5.42. The standard InChI is InChI=1S/C15H20N2O4/c1-9-5-4-6-10(2)13(9)21-8-12(18)7-17-14(19)11(3)16-15(17)20/h4-6,11-12,18H,7-8H2,1-3H3,(H,16,20)/t11-,12+/m0/s1. The predicted molar refractivity (Wildman–Crippen MR) is 77.1 cm³/mol. The number of para-hydroxylation sites is 1. The number of ether oxygens (including phenoxy) is 1. The summed E-state index contributed by atoms with van der Waals surface area (Å²) in [4.78, 5) is 24.3. The van der Waals surface area contributed by atoms with E-state index in [1.807, 2.05) is 32.0 Å². The van der Waals surface area contributed by atoms with Crippen molar-refractivity contribution in [1.82, 2.24) is 10.2 Å². The smallest absolute Gasteiger partial charge is 0.324 e. The molecule has 1 aromatic carbocycles. The molecule has 0 unspecified atom stereocenters. The number of nitrogens with one attached hydrogen (secondary N) is 1. The molecular weight excluding hydrogens is 272 g/mol. The van der Waals surface area contributed by atoms with Crippen LogP contribution in [0.1, 0.15) is 18.1 Å². The van der Waals surface area contributed by atoms with E-state index in [0.29, 0.717) is 0 Å². The first-order chi connectivity index (χ1) is 9.90. The Morgan fingerprint density at radius 1 is 1.33 bits per heavy atom. The van der Waals surface area contributed by atoms with Crippen LogP contribution in [0, 0.1) is 13.8 Å². The van der Waals surface area contributed by atoms with Gasteiger partial charge in [-0.15, -0.1) is 0 Å². The van der Waals surface area contributed by atoms with E-state index < -0.39 is 18.2 Å². The summed E-state index contributed by atoms with van der Waals surface area (Å²) >= 11 is 0. The average Bonchev–Trinajstić information content (AvgIpc) is 2.65. The summed E-state index contributed by atoms with van der Waals surface area (Å²) < 4.78 is 5.62. The molecule has 6 heteroatoms. The predicted octanol–water partition coefficient (Wildman–Crippen LogP) is 0.983. The zero-order valence-electron chi connectivity index (χ0n) is 12.4. The summed E-state index contributed by atoms with van der Waals surface area (Å²) in [7, 11) is 0. The maximum absolute atomic E-state index is 11.7. The van der Waals surface area contributed by atoms with Gasteiger partial charge in [0.05, 0.1) is 6.54 Å². The Kier molecular flexibility index (Phi) is 4.47. The summed E-state index contributed by atoms with van der Waals surface area (Å²) in [5.74, 6) is 0.397. The number of urea groups is 1. The number of nitrogens with zero attached hydrogens (tertiary/aromatic N) is 1. The van der Waals surface area contributed by atoms with E-state index in [2.05, 4.69) is 5.32 Å². The number of amides is 3. The molecule has 0 saturated carbocycles. The van der Waals surface area contributed by atoms with Gasteiger partial charge in [0.25, 0.3) is 5.91 Å². The Bertz CT molecular complexity index is 538. The lowest BCUT2D eigenvalue weighted by atomic mass is 10.1. The molecule has 1 saturated heterocycles. The summed E-state index contributed by atoms with van der Waals surface area (Å²) in [5, 5.41) is 12.5. The van der Waals surface area contributed by atoms with E-state index in [9.17, 15) is 14.7 Å². The van der Waals surface area contributed by atoms with Crippen molar-refractivity contribution in [2.45, 2.75) is 32.9 Å². The largest absolute Gasteiger partial charge is 0.490 e. The van der Waals surface area contributed by atoms with E-state index in [0.717, 1.165) is 21.8 Å². The summed E-state index contributed by atoms with van der Waals surface area (Å²) in [6.07, 6.45) is -0.927. The van der Waals surface area contributed by atoms with Gasteiger partial charge in [0.15, 0.2) is 0 Å². The van der Waals surface area contributed by atoms with Gasteiger partial charge in [0, 0.05) is 0 Å². The molecule has 3 amide bonds. The van der Waals surface area contributed by atoms with Crippen LogP contribution in [0.3, 0.4) is 0 Å². The van der Waals surface area contributed by atoms with Crippen molar-refractivity contribution in [3.05, 3.63) is 29.3 Å². The Morgan fingerprint density at radius 3 is 2.48 bits per heavy atom. The van der Waals surface area contributed by atoms with Gasteiger partial charge in [-0.3, -0.25) is 9.69 Å². The summed E-state index contributed by atoms with van der Waals surface area (Å²) in [6, 6.07) is 4.77. The van der Waals surface area contributed by atoms with Crippen LogP contribution in [0.25, 0.3) is 0 Å². The van der Waals surface area contributed by atoms with Gasteiger partial charge in [-0.1, -0.05) is 18.2 Å². The molecular formula is C15H20N2O4. The van der Waals surface area contributed by atoms with Crippen LogP contribution in [0.15, 0.2) is 18.2 Å². The van der Waals surface area contributed by atoms with Crippen molar-refractivity contribution in [2.75, 3.05) is 13.2 Å². The third kappa shape index (κ3) is 3.33. The van der Waals surface area contributed by atoms with Gasteiger partial charge in [-0.25, -0.2) is 4.79 Å². The molecule has 1 heterocycles. The van der Waals surface area contributed by atoms with E-state index >= 15 is 0 Å². The molecule has 1 aliphatic heterocycles. The SMILES string of the molecule is Cc1cccc(C)c1OC[C@H](O)CN1C(=O)N[C@@H](C)C1=O. The minimum atomic E-state index is -0.927. The van der Waals surface area contributed by atoms with Crippen LogP contribution in [0.5, 0.6) is 5.75 Å². The first-order valence-electron chi connectivity index (χ1n) is 6.89. The Morgan fingerprint density at radius 2 is 1.95 bits per heavy atom. The number of rotatable bonds is 5. The fraction of sp³-hybridized carbons (Fsp3) is 0.467. The van der Waals surface area contributed by atoms with Crippen LogP contribution >= 0.6 is 0 Å². The Hall–Kier alpha value is -2.08. The van der Waals surface area contributed by atoms with Crippen LogP contribution in [-0.2, 0) is 4.79 Å². The lowest BCUT2D eigenvalue weighted by Gasteiger charge is -2.19. The van der Waals surface area contributed by atoms with Gasteiger partial charge in [-0.2, -0.15) is 0 Å². The Labute approximate surface area is 123 Å². The third-order valence-electron chi connectivity index (χ3n) is 3.44. The lowest BCUT2D eigenvalue weighted by Crippen LogP contribution is -2.40. The number of hydrogen-bond donors (Lipinski definition) is 2. The van der Waals surface area contributed by atoms with Crippen molar-refractivity contribution in [2.24, 2.45) is 0 Å². The second-order valence-corrected chi connectivity index (χ2v) is 5.31. The molecule has 1 fully saturated rings. The lowest BCUT2D eigenvalue weighted by molar-refractivity contribution is -0.128. The topological polar surface area (TPSA) is 78.9 Å². The van der Waals surface area contributed by atoms with Gasteiger partial charge < -0.3 is 15.2 Å². The Balaban J connectivity index is 1.92. The number of aryl methyl sites for hydroxylation is 2. The highest BCUT2D eigenvalue weighted by atomic mass is 16.5. The highest BCUT2D eigenvalue weighted by molar-refractivity contribution is 6.03. The number of aliphatic hydroxyl groups excluding tert-OH is 1. The zero-order valence-corrected chi connectivity index (χ0v) is 12.4. The first-order valence-corrected chi connectivity index (χ1v) is 6.89. The number of benzene rings is 1. The number of carbonyl (C=O) groups excluding carboxylic acids is 2. The van der Waals surface area contributed by atoms with Gasteiger partial charge in [0.2, 0.25) is 0 Å². The number of β-amino-alcohol motifs (C(OH)–C–C–N with tert-alkyl or cyclic N) is 1. The van der Waals surface area contributed by atoms with Crippen molar-refractivity contribution < 1.29 is 19.4 Å². The minimum absolute atomic E-state index is 0.0249. The zero-order chi connectivity index (χ0) is 15.6. The second kappa shape index (κ2) is 6.13. The fourth-order valence-electron chi connectivity index (χ4n) is 2.30. The van der Waals surface area contributed by atoms with Crippen LogP contribution in [-0.4, -0.2) is 47.2 Å². The van der Waals surface area contributed by atoms with Gasteiger partial charge in [-0.05, 0) is 31.9 Å². The van der Waals surface area contributed by atoms with Crippen LogP contribution in [0.2, 0.25) is 0 Å². The summed E-state index contributed by atoms with van der Waals surface area (Å²) in [5.41, 5.74) is 1.96. The number of aliphatic hydroxyl groups is 1. The van der Waals surface area contributed by atoms with Gasteiger partial charge >= 0.3 is 6.03 Å². The monoisotopic (exact) mass is 292 g/mol. The highest BCUT2D eigenvalue weighted by Crippen LogP contribution is 2.22. The maximum atomic E-state index is 11.7. The van der Waals surface area contributed by atoms with Gasteiger partial charge in [0.1, 0.15) is 24.5 Å². The normalized spacial score (nSPS) is 19.6. The quantitative estimate of drug-likeness (QED) is 0.793. The molecule has 1 aliphatic rings. The first kappa shape index (κ1) is 15.3. The molecule has 2 N–H and O–H groups in total. The fourth-order valence-corrected chi connectivity index (χ4v) is 2.30. The molecule has 21 heavy (non-hydrogen) atoms. The third-order valence-corrected chi connectivity index (χ3v) is 3.44. The van der Waals surface area contributed by atoms with Crippen LogP contribution in [0.4, 0.5) is 4.79 Å². The van der Waals surface area contributed by atoms with Crippen molar-refractivity contribution >= 4 is 11.9 Å². The molecule has 0 radical (unpaired) electrons. The number of hydrogen-bond acceptors (Lipinski definition) is 4. The van der Waals surface area contributed by atoms with Crippen LogP contribution < -0.4 is 10.1 Å². The molecule has 2 rings (SSSR count). The highest BCUT2D eigenvalue weighted by Gasteiger charge is 2.36. The second-order valence-electron chi connectivity index (χ2n) is 5.31. The molecule has 0 aromatic heterocycles. The van der Waals surface area contributed by atoms with E-state index in [4.69, 9.17) is 4.74 Å². The van der Waals surface area contributed by atoms with Crippen molar-refractivity contribution in [3.63, 3.8) is 0 Å². The molecule has 2 atom stereocenters. The maximum Gasteiger partial charge on any atom is 0.324 e. The van der Waals surface area contributed by atoms with E-state index in [1.165, 1.54) is 0 Å². The van der Waals surface area contributed by atoms with Crippen molar-refractivity contribution in [1.29, 1.82) is 0 Å². The molecule has 6 nitrogen and oxygen atoms in total. The average molecular weight is 292 g/mol. The number of carbonyl (C=O) groups is 2. The molecule has 0 spiro atoms. The molecule has 0 aliphatic carbocycles. The molecule has 1 aromatic rings. The molecule has 114 valence electrons. The van der Waals surface area contributed by atoms with E-state index in [-0.39, 0.29) is 19.1 Å². The van der Waals surface area contributed by atoms with E-state index in [1.54, 1.807) is 6.92 Å².